The maximum atomic E-state index is 12.8. The molecule has 1 saturated heterocycles. The molecule has 1 unspecified atom stereocenters. The maximum Gasteiger partial charge on any atom is 0.243 e. The monoisotopic (exact) mass is 364 g/mol. The number of anilines is 1. The third kappa shape index (κ3) is 3.50. The van der Waals surface area contributed by atoms with Crippen LogP contribution in [0.2, 0.25) is 0 Å². The van der Waals surface area contributed by atoms with E-state index in [1.807, 2.05) is 32.0 Å². The van der Waals surface area contributed by atoms with Gasteiger partial charge in [-0.1, -0.05) is 18.2 Å². The van der Waals surface area contributed by atoms with Crippen molar-refractivity contribution >= 4 is 27.0 Å². The van der Waals surface area contributed by atoms with Crippen molar-refractivity contribution in [3.05, 3.63) is 46.2 Å². The van der Waals surface area contributed by atoms with E-state index >= 15 is 0 Å². The van der Waals surface area contributed by atoms with Gasteiger partial charge in [0.1, 0.15) is 0 Å². The number of hydrogen-bond acceptors (Lipinski definition) is 4. The SMILES string of the molecule is Cc1cc(S(=O)(=O)N(C)CC2CCN(c3ccccc3)C2)c(C)s1. The molecule has 1 aliphatic rings. The van der Waals surface area contributed by atoms with Gasteiger partial charge in [-0.05, 0) is 44.4 Å². The molecule has 0 amide bonds. The smallest absolute Gasteiger partial charge is 0.243 e. The summed E-state index contributed by atoms with van der Waals surface area (Å²) in [5.74, 6) is 0.366. The van der Waals surface area contributed by atoms with Crippen molar-refractivity contribution in [1.29, 1.82) is 0 Å². The van der Waals surface area contributed by atoms with Gasteiger partial charge in [0.2, 0.25) is 10.0 Å². The fourth-order valence-corrected chi connectivity index (χ4v) is 6.11. The number of thiophene rings is 1. The number of benzene rings is 1. The minimum atomic E-state index is -3.39. The molecule has 0 radical (unpaired) electrons. The molecule has 1 atom stereocenters. The van der Waals surface area contributed by atoms with Gasteiger partial charge in [-0.15, -0.1) is 11.3 Å². The molecule has 1 aliphatic heterocycles. The van der Waals surface area contributed by atoms with Gasteiger partial charge in [0, 0.05) is 42.1 Å². The molecule has 2 heterocycles. The minimum absolute atomic E-state index is 0.366. The fraction of sp³-hybridized carbons (Fsp3) is 0.444. The highest BCUT2D eigenvalue weighted by Crippen LogP contribution is 2.29. The van der Waals surface area contributed by atoms with Crippen LogP contribution in [0.1, 0.15) is 16.2 Å². The van der Waals surface area contributed by atoms with Crippen LogP contribution in [0.4, 0.5) is 5.69 Å². The average Bonchev–Trinajstić information content (AvgIpc) is 3.14. The molecule has 4 nitrogen and oxygen atoms in total. The van der Waals surface area contributed by atoms with Crippen LogP contribution in [0.5, 0.6) is 0 Å². The van der Waals surface area contributed by atoms with Crippen molar-refractivity contribution in [2.75, 3.05) is 31.6 Å². The van der Waals surface area contributed by atoms with Crippen LogP contribution in [0.15, 0.2) is 41.3 Å². The number of nitrogens with zero attached hydrogens (tertiary/aromatic N) is 2. The summed E-state index contributed by atoms with van der Waals surface area (Å²) < 4.78 is 27.2. The highest BCUT2D eigenvalue weighted by atomic mass is 32.2. The van der Waals surface area contributed by atoms with E-state index in [1.54, 1.807) is 13.1 Å². The molecular weight excluding hydrogens is 340 g/mol. The Labute approximate surface area is 148 Å². The second-order valence-corrected chi connectivity index (χ2v) is 9.97. The molecule has 130 valence electrons. The first-order valence-corrected chi connectivity index (χ1v) is 10.5. The van der Waals surface area contributed by atoms with E-state index in [0.717, 1.165) is 29.3 Å². The molecule has 24 heavy (non-hydrogen) atoms. The molecule has 0 saturated carbocycles. The first-order valence-electron chi connectivity index (χ1n) is 8.21. The van der Waals surface area contributed by atoms with Gasteiger partial charge in [-0.2, -0.15) is 0 Å². The molecule has 0 spiro atoms. The summed E-state index contributed by atoms with van der Waals surface area (Å²) in [5, 5.41) is 0. The van der Waals surface area contributed by atoms with E-state index in [1.165, 1.54) is 21.3 Å². The van der Waals surface area contributed by atoms with Crippen molar-refractivity contribution in [1.82, 2.24) is 4.31 Å². The van der Waals surface area contributed by atoms with Gasteiger partial charge >= 0.3 is 0 Å². The van der Waals surface area contributed by atoms with Crippen molar-refractivity contribution in [2.24, 2.45) is 5.92 Å². The molecule has 0 aliphatic carbocycles. The van der Waals surface area contributed by atoms with Crippen LogP contribution in [0.25, 0.3) is 0 Å². The molecule has 0 N–H and O–H groups in total. The summed E-state index contributed by atoms with van der Waals surface area (Å²) >= 11 is 1.54. The summed E-state index contributed by atoms with van der Waals surface area (Å²) in [5.41, 5.74) is 1.22. The number of rotatable bonds is 5. The van der Waals surface area contributed by atoms with E-state index in [2.05, 4.69) is 17.0 Å². The zero-order valence-corrected chi connectivity index (χ0v) is 16.0. The minimum Gasteiger partial charge on any atom is -0.371 e. The maximum absolute atomic E-state index is 12.8. The quantitative estimate of drug-likeness (QED) is 0.815. The largest absolute Gasteiger partial charge is 0.371 e. The third-order valence-corrected chi connectivity index (χ3v) is 7.65. The zero-order valence-electron chi connectivity index (χ0n) is 14.4. The normalized spacial score (nSPS) is 18.5. The lowest BCUT2D eigenvalue weighted by Gasteiger charge is -2.22. The van der Waals surface area contributed by atoms with E-state index in [0.29, 0.717) is 17.4 Å². The topological polar surface area (TPSA) is 40.6 Å². The van der Waals surface area contributed by atoms with Crippen molar-refractivity contribution < 1.29 is 8.42 Å². The highest BCUT2D eigenvalue weighted by Gasteiger charge is 2.30. The molecule has 6 heteroatoms. The molecule has 0 bridgehead atoms. The summed E-state index contributed by atoms with van der Waals surface area (Å²) in [6.07, 6.45) is 1.02. The highest BCUT2D eigenvalue weighted by molar-refractivity contribution is 7.89. The van der Waals surface area contributed by atoms with Crippen LogP contribution in [0.3, 0.4) is 0 Å². The van der Waals surface area contributed by atoms with Gasteiger partial charge in [0.25, 0.3) is 0 Å². The van der Waals surface area contributed by atoms with Crippen LogP contribution >= 0.6 is 11.3 Å². The van der Waals surface area contributed by atoms with Crippen molar-refractivity contribution in [3.63, 3.8) is 0 Å². The van der Waals surface area contributed by atoms with E-state index in [4.69, 9.17) is 0 Å². The average molecular weight is 365 g/mol. The summed E-state index contributed by atoms with van der Waals surface area (Å²) in [6, 6.07) is 12.1. The van der Waals surface area contributed by atoms with Crippen LogP contribution in [-0.4, -0.2) is 39.4 Å². The molecule has 1 aromatic heterocycles. The third-order valence-electron chi connectivity index (χ3n) is 4.61. The van der Waals surface area contributed by atoms with Crippen molar-refractivity contribution in [3.8, 4) is 0 Å². The fourth-order valence-electron chi connectivity index (χ4n) is 3.35. The number of hydrogen-bond donors (Lipinski definition) is 0. The lowest BCUT2D eigenvalue weighted by Crippen LogP contribution is -2.33. The van der Waals surface area contributed by atoms with Gasteiger partial charge in [0.15, 0.2) is 0 Å². The van der Waals surface area contributed by atoms with Crippen molar-refractivity contribution in [2.45, 2.75) is 25.2 Å². The Balaban J connectivity index is 1.67. The summed E-state index contributed by atoms with van der Waals surface area (Å²) in [4.78, 5) is 4.71. The Kier molecular flexibility index (Phi) is 4.99. The predicted molar refractivity (Wildman–Crippen MR) is 100 cm³/mol. The Hall–Kier alpha value is -1.37. The van der Waals surface area contributed by atoms with Gasteiger partial charge in [-0.25, -0.2) is 12.7 Å². The van der Waals surface area contributed by atoms with Gasteiger partial charge < -0.3 is 4.90 Å². The first kappa shape index (κ1) is 17.5. The van der Waals surface area contributed by atoms with Crippen LogP contribution in [0, 0.1) is 19.8 Å². The molecular formula is C18H24N2O2S2. The molecule has 1 aromatic carbocycles. The van der Waals surface area contributed by atoms with Gasteiger partial charge in [0.05, 0.1) is 4.90 Å². The van der Waals surface area contributed by atoms with Gasteiger partial charge in [-0.3, -0.25) is 0 Å². The van der Waals surface area contributed by atoms with E-state index < -0.39 is 10.0 Å². The molecule has 2 aromatic rings. The second-order valence-electron chi connectivity index (χ2n) is 6.50. The number of sulfonamides is 1. The lowest BCUT2D eigenvalue weighted by molar-refractivity contribution is 0.401. The molecule has 3 rings (SSSR count). The van der Waals surface area contributed by atoms with E-state index in [-0.39, 0.29) is 0 Å². The molecule has 1 fully saturated rings. The Morgan fingerprint density at radius 1 is 1.25 bits per heavy atom. The predicted octanol–water partition coefficient (Wildman–Crippen LogP) is 3.51. The van der Waals surface area contributed by atoms with E-state index in [9.17, 15) is 8.42 Å². The second kappa shape index (κ2) is 6.86. The first-order chi connectivity index (χ1) is 11.4. The summed E-state index contributed by atoms with van der Waals surface area (Å²) in [7, 11) is -1.69. The zero-order chi connectivity index (χ0) is 17.3. The lowest BCUT2D eigenvalue weighted by atomic mass is 10.1. The summed E-state index contributed by atoms with van der Waals surface area (Å²) in [6.45, 7) is 6.29. The Bertz CT molecular complexity index is 800. The van der Waals surface area contributed by atoms with Crippen LogP contribution < -0.4 is 4.90 Å². The number of para-hydroxylation sites is 1. The standard InChI is InChI=1S/C18H24N2O2S2/c1-14-11-18(15(2)23-14)24(21,22)19(3)12-16-9-10-20(13-16)17-7-5-4-6-8-17/h4-8,11,16H,9-10,12-13H2,1-3H3. The van der Waals surface area contributed by atoms with Crippen LogP contribution in [-0.2, 0) is 10.0 Å². The Morgan fingerprint density at radius 2 is 1.96 bits per heavy atom. The number of aryl methyl sites for hydroxylation is 2. The Morgan fingerprint density at radius 3 is 2.58 bits per heavy atom.